The lowest BCUT2D eigenvalue weighted by molar-refractivity contribution is 0.798. The van der Waals surface area contributed by atoms with Crippen molar-refractivity contribution in [2.45, 2.75) is 13.1 Å². The third-order valence-electron chi connectivity index (χ3n) is 3.18. The summed E-state index contributed by atoms with van der Waals surface area (Å²) < 4.78 is 2.02. The molecule has 0 radical (unpaired) electrons. The lowest BCUT2D eigenvalue weighted by atomic mass is 10.2. The monoisotopic (exact) mass is 461 g/mol. The fraction of sp³-hybridized carbons (Fsp3) is 0.200. The van der Waals surface area contributed by atoms with Crippen LogP contribution in [0.15, 0.2) is 47.0 Å². The highest BCUT2D eigenvalue weighted by atomic mass is 127. The second kappa shape index (κ2) is 8.51. The molecule has 0 saturated carbocycles. The van der Waals surface area contributed by atoms with Crippen LogP contribution in [0.3, 0.4) is 0 Å². The topological polar surface area (TPSA) is 53.7 Å². The van der Waals surface area contributed by atoms with Crippen molar-refractivity contribution >= 4 is 57.8 Å². The molecule has 1 aromatic carbocycles. The minimum Gasteiger partial charge on any atom is -0.352 e. The molecule has 2 aromatic heterocycles. The van der Waals surface area contributed by atoms with Crippen molar-refractivity contribution in [3.8, 4) is 0 Å². The zero-order valence-electron chi connectivity index (χ0n) is 12.5. The summed E-state index contributed by atoms with van der Waals surface area (Å²) in [6, 6.07) is 7.75. The molecular weight excluding hydrogens is 445 g/mol. The van der Waals surface area contributed by atoms with Gasteiger partial charge < -0.3 is 10.6 Å². The van der Waals surface area contributed by atoms with Crippen LogP contribution in [0.25, 0.3) is 4.96 Å². The Morgan fingerprint density at radius 1 is 1.26 bits per heavy atom. The first-order valence-corrected chi connectivity index (χ1v) is 8.10. The van der Waals surface area contributed by atoms with Crippen LogP contribution in [0.2, 0.25) is 5.02 Å². The van der Waals surface area contributed by atoms with E-state index in [1.54, 1.807) is 18.4 Å². The fourth-order valence-electron chi connectivity index (χ4n) is 2.04. The Hall–Kier alpha value is -1.32. The van der Waals surface area contributed by atoms with Gasteiger partial charge in [0.2, 0.25) is 0 Å². The molecule has 0 spiro atoms. The summed E-state index contributed by atoms with van der Waals surface area (Å²) in [5, 5.41) is 9.29. The first kappa shape index (κ1) is 18.0. The van der Waals surface area contributed by atoms with Crippen molar-refractivity contribution in [2.75, 3.05) is 7.05 Å². The zero-order valence-corrected chi connectivity index (χ0v) is 16.4. The average Bonchev–Trinajstić information content (AvgIpc) is 3.10. The summed E-state index contributed by atoms with van der Waals surface area (Å²) in [6.45, 7) is 1.32. The Labute approximate surface area is 160 Å². The largest absolute Gasteiger partial charge is 0.352 e. The highest BCUT2D eigenvalue weighted by molar-refractivity contribution is 14.0. The van der Waals surface area contributed by atoms with Crippen LogP contribution >= 0.6 is 46.9 Å². The number of hydrogen-bond acceptors (Lipinski definition) is 3. The number of nitrogens with one attached hydrogen (secondary N) is 2. The van der Waals surface area contributed by atoms with Gasteiger partial charge in [0.25, 0.3) is 0 Å². The van der Waals surface area contributed by atoms with E-state index >= 15 is 0 Å². The van der Waals surface area contributed by atoms with Crippen molar-refractivity contribution in [1.29, 1.82) is 0 Å². The highest BCUT2D eigenvalue weighted by Crippen LogP contribution is 2.11. The second-order valence-corrected chi connectivity index (χ2v) is 6.04. The van der Waals surface area contributed by atoms with Crippen LogP contribution in [0.5, 0.6) is 0 Å². The lowest BCUT2D eigenvalue weighted by Crippen LogP contribution is -2.36. The molecule has 0 amide bonds. The van der Waals surface area contributed by atoms with Crippen LogP contribution in [0.4, 0.5) is 0 Å². The number of benzene rings is 1. The molecule has 0 atom stereocenters. The summed E-state index contributed by atoms with van der Waals surface area (Å²) in [5.74, 6) is 0.742. The summed E-state index contributed by atoms with van der Waals surface area (Å²) in [4.78, 5) is 9.74. The lowest BCUT2D eigenvalue weighted by Gasteiger charge is -2.11. The molecule has 122 valence electrons. The molecule has 0 saturated heterocycles. The minimum atomic E-state index is 0. The summed E-state index contributed by atoms with van der Waals surface area (Å²) >= 11 is 7.50. The first-order chi connectivity index (χ1) is 10.7. The van der Waals surface area contributed by atoms with Crippen molar-refractivity contribution in [2.24, 2.45) is 4.99 Å². The molecule has 5 nitrogen and oxygen atoms in total. The van der Waals surface area contributed by atoms with Gasteiger partial charge in [-0.2, -0.15) is 0 Å². The molecule has 3 rings (SSSR count). The summed E-state index contributed by atoms with van der Waals surface area (Å²) in [6.07, 6.45) is 4.02. The van der Waals surface area contributed by atoms with Gasteiger partial charge in [-0.3, -0.25) is 9.39 Å². The van der Waals surface area contributed by atoms with Crippen LogP contribution in [0.1, 0.15) is 11.3 Å². The number of halogens is 2. The van der Waals surface area contributed by atoms with Crippen LogP contribution in [-0.2, 0) is 13.1 Å². The van der Waals surface area contributed by atoms with Crippen LogP contribution in [-0.4, -0.2) is 22.4 Å². The maximum atomic E-state index is 5.88. The average molecular weight is 462 g/mol. The predicted octanol–water partition coefficient (Wildman–Crippen LogP) is 3.53. The van der Waals surface area contributed by atoms with Gasteiger partial charge in [-0.25, -0.2) is 4.98 Å². The Balaban J connectivity index is 0.00000192. The van der Waals surface area contributed by atoms with Crippen molar-refractivity contribution < 1.29 is 0 Å². The predicted molar refractivity (Wildman–Crippen MR) is 107 cm³/mol. The molecule has 0 fully saturated rings. The van der Waals surface area contributed by atoms with Crippen molar-refractivity contribution in [3.05, 3.63) is 58.3 Å². The molecule has 3 aromatic rings. The molecule has 2 N–H and O–H groups in total. The standard InChI is InChI=1S/C15H16ClN5S.HI/c1-17-14(18-8-11-2-4-12(16)5-3-11)19-9-13-10-21-6-7-22-15(21)20-13;/h2-7,10H,8-9H2,1H3,(H2,17,18,19);1H. The van der Waals surface area contributed by atoms with E-state index in [4.69, 9.17) is 11.6 Å². The molecule has 0 aliphatic rings. The first-order valence-electron chi connectivity index (χ1n) is 6.84. The number of imidazole rings is 1. The quantitative estimate of drug-likeness (QED) is 0.355. The third kappa shape index (κ3) is 4.82. The van der Waals surface area contributed by atoms with E-state index in [0.29, 0.717) is 13.1 Å². The SMILES string of the molecule is CN=C(NCc1ccc(Cl)cc1)NCc1cn2ccsc2n1.I. The van der Waals surface area contributed by atoms with E-state index in [-0.39, 0.29) is 24.0 Å². The maximum Gasteiger partial charge on any atom is 0.193 e. The van der Waals surface area contributed by atoms with Crippen molar-refractivity contribution in [3.63, 3.8) is 0 Å². The molecule has 0 unspecified atom stereocenters. The maximum absolute atomic E-state index is 5.88. The van der Waals surface area contributed by atoms with E-state index in [1.165, 1.54) is 0 Å². The Kier molecular flexibility index (Phi) is 6.67. The number of thiazole rings is 1. The third-order valence-corrected chi connectivity index (χ3v) is 4.20. The number of aliphatic imine (C=N–C) groups is 1. The van der Waals surface area contributed by atoms with E-state index in [0.717, 1.165) is 27.2 Å². The van der Waals surface area contributed by atoms with Gasteiger partial charge in [0.15, 0.2) is 10.9 Å². The van der Waals surface area contributed by atoms with Crippen LogP contribution < -0.4 is 10.6 Å². The molecule has 2 heterocycles. The van der Waals surface area contributed by atoms with E-state index in [9.17, 15) is 0 Å². The van der Waals surface area contributed by atoms with Gasteiger partial charge in [0.1, 0.15) is 0 Å². The number of rotatable bonds is 4. The number of aromatic nitrogens is 2. The highest BCUT2D eigenvalue weighted by Gasteiger charge is 2.04. The van der Waals surface area contributed by atoms with Gasteiger partial charge in [-0.05, 0) is 17.7 Å². The van der Waals surface area contributed by atoms with E-state index in [1.807, 2.05) is 46.4 Å². The molecule has 0 bridgehead atoms. The molecule has 8 heteroatoms. The van der Waals surface area contributed by atoms with Crippen LogP contribution in [0, 0.1) is 0 Å². The van der Waals surface area contributed by atoms with Gasteiger partial charge in [0.05, 0.1) is 12.2 Å². The second-order valence-electron chi connectivity index (χ2n) is 4.73. The smallest absolute Gasteiger partial charge is 0.193 e. The van der Waals surface area contributed by atoms with Gasteiger partial charge in [-0.15, -0.1) is 35.3 Å². The fourth-order valence-corrected chi connectivity index (χ4v) is 2.89. The van der Waals surface area contributed by atoms with Crippen molar-refractivity contribution in [1.82, 2.24) is 20.0 Å². The molecule has 0 aliphatic carbocycles. The van der Waals surface area contributed by atoms with Gasteiger partial charge in [-0.1, -0.05) is 23.7 Å². The molecule has 0 aliphatic heterocycles. The van der Waals surface area contributed by atoms with E-state index < -0.39 is 0 Å². The zero-order chi connectivity index (χ0) is 15.4. The number of hydrogen-bond donors (Lipinski definition) is 2. The molecule has 23 heavy (non-hydrogen) atoms. The summed E-state index contributed by atoms with van der Waals surface area (Å²) in [7, 11) is 1.75. The Bertz CT molecular complexity index is 752. The number of fused-ring (bicyclic) bond motifs is 1. The number of guanidine groups is 1. The Morgan fingerprint density at radius 3 is 2.70 bits per heavy atom. The van der Waals surface area contributed by atoms with E-state index in [2.05, 4.69) is 20.6 Å². The van der Waals surface area contributed by atoms with Gasteiger partial charge >= 0.3 is 0 Å². The van der Waals surface area contributed by atoms with Gasteiger partial charge in [0, 0.05) is 36.4 Å². The minimum absolute atomic E-state index is 0. The molecular formula is C15H17ClIN5S. The normalized spacial score (nSPS) is 11.3. The summed E-state index contributed by atoms with van der Waals surface area (Å²) in [5.41, 5.74) is 2.14. The Morgan fingerprint density at radius 2 is 2.00 bits per heavy atom. The number of nitrogens with zero attached hydrogens (tertiary/aromatic N) is 3.